The highest BCUT2D eigenvalue weighted by atomic mass is 79.9. The average molecular weight is 384 g/mol. The van der Waals surface area contributed by atoms with Gasteiger partial charge in [0, 0.05) is 17.4 Å². The minimum Gasteiger partial charge on any atom is -0.469 e. The number of alkyl halides is 1. The summed E-state index contributed by atoms with van der Waals surface area (Å²) in [6, 6.07) is 0. The van der Waals surface area contributed by atoms with Crippen LogP contribution < -0.4 is 0 Å². The van der Waals surface area contributed by atoms with E-state index in [1.165, 1.54) is 26.4 Å². The molecule has 5 rings (SSSR count). The van der Waals surface area contributed by atoms with Gasteiger partial charge in [-0.25, -0.2) is 0 Å². The maximum Gasteiger partial charge on any atom is 0.308 e. The van der Waals surface area contributed by atoms with E-state index >= 15 is 0 Å². The minimum absolute atomic E-state index is 0.0251. The molecule has 5 fully saturated rings. The second kappa shape index (κ2) is 5.47. The fourth-order valence-corrected chi connectivity index (χ4v) is 7.67. The van der Waals surface area contributed by atoms with Crippen LogP contribution in [0.15, 0.2) is 0 Å². The number of likely N-dealkylation sites (tertiary alicyclic amines) is 1. The molecule has 2 atom stereocenters. The van der Waals surface area contributed by atoms with E-state index in [1.807, 2.05) is 4.90 Å². The first-order valence-corrected chi connectivity index (χ1v) is 9.78. The Balaban J connectivity index is 1.47. The Morgan fingerprint density at radius 1 is 1.09 bits per heavy atom. The quantitative estimate of drug-likeness (QED) is 0.543. The number of hydrogen-bond acceptors (Lipinski definition) is 3. The van der Waals surface area contributed by atoms with Crippen molar-refractivity contribution < 1.29 is 14.3 Å². The third-order valence-electron chi connectivity index (χ3n) is 6.76. The lowest BCUT2D eigenvalue weighted by atomic mass is 9.49. The molecule has 23 heavy (non-hydrogen) atoms. The molecule has 0 aromatic heterocycles. The lowest BCUT2D eigenvalue weighted by Crippen LogP contribution is -2.59. The Hall–Kier alpha value is -0.580. The number of piperidine rings is 1. The van der Waals surface area contributed by atoms with Gasteiger partial charge in [-0.3, -0.25) is 9.59 Å². The summed E-state index contributed by atoms with van der Waals surface area (Å²) < 4.78 is 5.07. The van der Waals surface area contributed by atoms with Crippen molar-refractivity contribution in [2.45, 2.75) is 55.7 Å². The van der Waals surface area contributed by atoms with E-state index in [4.69, 9.17) is 4.74 Å². The molecule has 0 radical (unpaired) electrons. The van der Waals surface area contributed by atoms with Crippen LogP contribution >= 0.6 is 15.9 Å². The van der Waals surface area contributed by atoms with Crippen molar-refractivity contribution >= 4 is 27.8 Å². The number of amides is 1. The number of halogens is 1. The first kappa shape index (κ1) is 15.9. The molecule has 4 bridgehead atoms. The van der Waals surface area contributed by atoms with Crippen molar-refractivity contribution in [3.63, 3.8) is 0 Å². The normalized spacial score (nSPS) is 42.8. The largest absolute Gasteiger partial charge is 0.469 e. The molecule has 1 amide bonds. The molecule has 4 nitrogen and oxygen atoms in total. The van der Waals surface area contributed by atoms with Gasteiger partial charge in [-0.1, -0.05) is 15.9 Å². The molecular weight excluding hydrogens is 358 g/mol. The number of carbonyl (C=O) groups is 2. The van der Waals surface area contributed by atoms with Crippen molar-refractivity contribution in [1.82, 2.24) is 4.90 Å². The van der Waals surface area contributed by atoms with Crippen LogP contribution in [0.25, 0.3) is 0 Å². The molecule has 0 spiro atoms. The summed E-state index contributed by atoms with van der Waals surface area (Å²) in [5, 5.41) is 0. The van der Waals surface area contributed by atoms with Crippen molar-refractivity contribution in [3.8, 4) is 0 Å². The highest BCUT2D eigenvalue weighted by molar-refractivity contribution is 9.10. The Bertz CT molecular complexity index is 512. The summed E-state index contributed by atoms with van der Waals surface area (Å²) in [6.07, 6.45) is 8.53. The number of nitrogens with zero attached hydrogens (tertiary/aromatic N) is 1. The predicted octanol–water partition coefficient (Wildman–Crippen LogP) is 3.13. The van der Waals surface area contributed by atoms with Gasteiger partial charge in [0.15, 0.2) is 0 Å². The summed E-state index contributed by atoms with van der Waals surface area (Å²) >= 11 is 3.99. The number of hydrogen-bond donors (Lipinski definition) is 0. The van der Waals surface area contributed by atoms with Gasteiger partial charge in [0.25, 0.3) is 0 Å². The van der Waals surface area contributed by atoms with Crippen LogP contribution in [0.2, 0.25) is 0 Å². The second-order valence-electron chi connectivity index (χ2n) is 8.48. The summed E-state index contributed by atoms with van der Waals surface area (Å²) in [4.78, 5) is 27.0. The molecule has 128 valence electrons. The van der Waals surface area contributed by atoms with E-state index in [-0.39, 0.29) is 21.6 Å². The predicted molar refractivity (Wildman–Crippen MR) is 90.1 cm³/mol. The van der Waals surface area contributed by atoms with Gasteiger partial charge in [-0.2, -0.15) is 0 Å². The first-order chi connectivity index (χ1) is 10.9. The van der Waals surface area contributed by atoms with Gasteiger partial charge >= 0.3 is 5.97 Å². The monoisotopic (exact) mass is 383 g/mol. The summed E-state index contributed by atoms with van der Waals surface area (Å²) in [7, 11) is 1.45. The zero-order valence-electron chi connectivity index (χ0n) is 13.9. The number of esters is 1. The maximum absolute atomic E-state index is 13.3. The van der Waals surface area contributed by atoms with Gasteiger partial charge in [-0.05, 0) is 63.2 Å². The third-order valence-corrected chi connectivity index (χ3v) is 7.69. The lowest BCUT2D eigenvalue weighted by molar-refractivity contribution is -0.159. The van der Waals surface area contributed by atoms with Crippen LogP contribution in [0.5, 0.6) is 0 Å². The van der Waals surface area contributed by atoms with Crippen LogP contribution in [0.4, 0.5) is 0 Å². The summed E-state index contributed by atoms with van der Waals surface area (Å²) in [6.45, 7) is 1.43. The highest BCUT2D eigenvalue weighted by Crippen LogP contribution is 2.64. The van der Waals surface area contributed by atoms with Crippen molar-refractivity contribution in [2.24, 2.45) is 23.2 Å². The third kappa shape index (κ3) is 2.63. The molecule has 5 heteroatoms. The van der Waals surface area contributed by atoms with E-state index < -0.39 is 0 Å². The van der Waals surface area contributed by atoms with E-state index in [9.17, 15) is 9.59 Å². The lowest BCUT2D eigenvalue weighted by Gasteiger charge is -2.60. The molecule has 4 aliphatic carbocycles. The van der Waals surface area contributed by atoms with Crippen molar-refractivity contribution in [3.05, 3.63) is 0 Å². The molecule has 0 aromatic rings. The molecule has 4 saturated carbocycles. The zero-order valence-corrected chi connectivity index (χ0v) is 15.4. The van der Waals surface area contributed by atoms with Gasteiger partial charge in [0.1, 0.15) is 0 Å². The first-order valence-electron chi connectivity index (χ1n) is 8.99. The Morgan fingerprint density at radius 2 is 1.70 bits per heavy atom. The molecule has 1 saturated heterocycles. The number of ether oxygens (including phenoxy) is 1. The van der Waals surface area contributed by atoms with Crippen LogP contribution in [-0.2, 0) is 14.3 Å². The smallest absolute Gasteiger partial charge is 0.308 e. The molecular formula is C18H26BrNO3. The van der Waals surface area contributed by atoms with E-state index in [0.29, 0.717) is 19.0 Å². The SMILES string of the molecule is COC(=O)C1CCN(C(=O)C23CC4CC(CC(Br)(C4)C2)C3)CC1. The summed E-state index contributed by atoms with van der Waals surface area (Å²) in [5.41, 5.74) is -0.119. The zero-order chi connectivity index (χ0) is 16.2. The van der Waals surface area contributed by atoms with Crippen LogP contribution in [0, 0.1) is 23.2 Å². The Morgan fingerprint density at radius 3 is 2.22 bits per heavy atom. The molecule has 5 aliphatic rings. The minimum atomic E-state index is -0.119. The fraction of sp³-hybridized carbons (Fsp3) is 0.889. The van der Waals surface area contributed by atoms with E-state index in [0.717, 1.165) is 43.9 Å². The van der Waals surface area contributed by atoms with Gasteiger partial charge < -0.3 is 9.64 Å². The molecule has 0 aromatic carbocycles. The van der Waals surface area contributed by atoms with Crippen molar-refractivity contribution in [1.29, 1.82) is 0 Å². The van der Waals surface area contributed by atoms with Crippen molar-refractivity contribution in [2.75, 3.05) is 20.2 Å². The standard InChI is InChI=1S/C18H26BrNO3/c1-23-15(21)14-2-4-20(5-3-14)16(22)17-7-12-6-13(8-17)10-18(19,9-12)11-17/h12-14H,2-11H2,1H3. The van der Waals surface area contributed by atoms with Gasteiger partial charge in [0.2, 0.25) is 5.91 Å². The van der Waals surface area contributed by atoms with Crippen LogP contribution in [-0.4, -0.2) is 41.3 Å². The maximum atomic E-state index is 13.3. The number of methoxy groups -OCH3 is 1. The Kier molecular flexibility index (Phi) is 3.78. The van der Waals surface area contributed by atoms with E-state index in [1.54, 1.807) is 0 Å². The van der Waals surface area contributed by atoms with Crippen LogP contribution in [0.1, 0.15) is 51.4 Å². The molecule has 0 N–H and O–H groups in total. The van der Waals surface area contributed by atoms with E-state index in [2.05, 4.69) is 15.9 Å². The summed E-state index contributed by atoms with van der Waals surface area (Å²) in [5.74, 6) is 1.69. The molecule has 1 aliphatic heterocycles. The average Bonchev–Trinajstić information content (AvgIpc) is 2.51. The molecule has 1 heterocycles. The van der Waals surface area contributed by atoms with Gasteiger partial charge in [0.05, 0.1) is 18.4 Å². The topological polar surface area (TPSA) is 46.6 Å². The highest BCUT2D eigenvalue weighted by Gasteiger charge is 2.60. The number of rotatable bonds is 2. The Labute approximate surface area is 146 Å². The molecule has 2 unspecified atom stereocenters. The van der Waals surface area contributed by atoms with Gasteiger partial charge in [-0.15, -0.1) is 0 Å². The fourth-order valence-electron chi connectivity index (χ4n) is 6.22. The van der Waals surface area contributed by atoms with Crippen LogP contribution in [0.3, 0.4) is 0 Å². The number of carbonyl (C=O) groups excluding carboxylic acids is 2. The second-order valence-corrected chi connectivity index (χ2v) is 10.2.